The molecule has 3 rings (SSSR count). The summed E-state index contributed by atoms with van der Waals surface area (Å²) < 4.78 is 12.6. The van der Waals surface area contributed by atoms with Crippen molar-refractivity contribution < 1.29 is 14.3 Å². The third kappa shape index (κ3) is 7.37. The Morgan fingerprint density at radius 2 is 1.70 bits per heavy atom. The molecule has 1 atom stereocenters. The molecule has 0 saturated carbocycles. The molecule has 198 valence electrons. The number of aryl methyl sites for hydroxylation is 1. The first-order valence-electron chi connectivity index (χ1n) is 12.1. The molecule has 6 nitrogen and oxygen atoms in total. The Labute approximate surface area is 228 Å². The van der Waals surface area contributed by atoms with Gasteiger partial charge < -0.3 is 14.0 Å². The van der Waals surface area contributed by atoms with Gasteiger partial charge in [0, 0.05) is 24.7 Å². The molecule has 0 fully saturated rings. The van der Waals surface area contributed by atoms with Crippen LogP contribution in [0.4, 0.5) is 0 Å². The van der Waals surface area contributed by atoms with Crippen LogP contribution in [0.5, 0.6) is 5.75 Å². The fourth-order valence-corrected chi connectivity index (χ4v) is 4.58. The number of hydrogen-bond acceptors (Lipinski definition) is 5. The van der Waals surface area contributed by atoms with Crippen LogP contribution in [0.1, 0.15) is 60.9 Å². The molecule has 2 aromatic carbocycles. The smallest absolute Gasteiger partial charge is 0.338 e. The summed E-state index contributed by atoms with van der Waals surface area (Å²) in [6, 6.07) is 16.6. The fourth-order valence-electron chi connectivity index (χ4n) is 4.04. The summed E-state index contributed by atoms with van der Waals surface area (Å²) >= 11 is 12.8. The van der Waals surface area contributed by atoms with E-state index in [2.05, 4.69) is 11.8 Å². The molecule has 0 aliphatic carbocycles. The number of rotatable bonds is 9. The van der Waals surface area contributed by atoms with Gasteiger partial charge in [-0.25, -0.2) is 4.79 Å². The number of para-hydroxylation sites is 1. The Bertz CT molecular complexity index is 1300. The van der Waals surface area contributed by atoms with Crippen LogP contribution in [0, 0.1) is 0 Å². The molecule has 0 aliphatic rings. The maximum absolute atomic E-state index is 13.0. The maximum atomic E-state index is 13.0. The first-order chi connectivity index (χ1) is 17.4. The molecular weight excluding hydrogens is 511 g/mol. The molecule has 1 unspecified atom stereocenters. The Hall–Kier alpha value is -2.80. The number of methoxy groups -OCH3 is 1. The Morgan fingerprint density at radius 3 is 2.32 bits per heavy atom. The van der Waals surface area contributed by atoms with Crippen LogP contribution >= 0.6 is 23.2 Å². The van der Waals surface area contributed by atoms with Crippen molar-refractivity contribution in [2.45, 2.75) is 58.8 Å². The number of esters is 1. The molecule has 0 saturated heterocycles. The van der Waals surface area contributed by atoms with Gasteiger partial charge in [0.05, 0.1) is 23.4 Å². The highest BCUT2D eigenvalue weighted by Gasteiger charge is 2.21. The molecule has 3 aromatic rings. The first-order valence-corrected chi connectivity index (χ1v) is 12.9. The van der Waals surface area contributed by atoms with Crippen LogP contribution in [0.15, 0.2) is 59.4 Å². The van der Waals surface area contributed by atoms with Crippen LogP contribution in [0.25, 0.3) is 0 Å². The average Bonchev–Trinajstić information content (AvgIpc) is 2.85. The molecule has 8 heteroatoms. The molecule has 0 bridgehead atoms. The predicted molar refractivity (Wildman–Crippen MR) is 149 cm³/mol. The van der Waals surface area contributed by atoms with E-state index < -0.39 is 5.60 Å². The number of halogens is 2. The highest BCUT2D eigenvalue weighted by Crippen LogP contribution is 2.30. The predicted octanol–water partition coefficient (Wildman–Crippen LogP) is 6.55. The number of benzene rings is 2. The van der Waals surface area contributed by atoms with Crippen LogP contribution in [-0.2, 0) is 24.2 Å². The minimum Gasteiger partial charge on any atom is -0.496 e. The molecule has 37 heavy (non-hydrogen) atoms. The lowest BCUT2D eigenvalue weighted by molar-refractivity contribution is 0.00695. The van der Waals surface area contributed by atoms with E-state index in [1.165, 1.54) is 6.07 Å². The van der Waals surface area contributed by atoms with E-state index in [-0.39, 0.29) is 22.6 Å². The zero-order chi connectivity index (χ0) is 27.3. The summed E-state index contributed by atoms with van der Waals surface area (Å²) in [4.78, 5) is 27.4. The van der Waals surface area contributed by atoms with Crippen molar-refractivity contribution in [2.24, 2.45) is 0 Å². The van der Waals surface area contributed by atoms with Gasteiger partial charge in [-0.05, 0) is 71.0 Å². The van der Waals surface area contributed by atoms with Crippen molar-refractivity contribution >= 4 is 29.2 Å². The number of hydrogen-bond donors (Lipinski definition) is 0. The standard InChI is InChI=1S/C29H34Cl2N2O4/c1-19(22-9-7-8-10-26(22)36-6)32(5)18-25-23(30)17-24(31)27(34)33(25)16-15-20-11-13-21(14-12-20)28(35)37-29(2,3)4/h7-14,17,19H,15-16,18H2,1-6H3. The third-order valence-corrected chi connectivity index (χ3v) is 6.76. The van der Waals surface area contributed by atoms with Gasteiger partial charge in [-0.2, -0.15) is 0 Å². The van der Waals surface area contributed by atoms with Gasteiger partial charge in [0.2, 0.25) is 0 Å². The molecule has 0 radical (unpaired) electrons. The number of carbonyl (C=O) groups excluding carboxylic acids is 1. The van der Waals surface area contributed by atoms with E-state index in [0.717, 1.165) is 16.9 Å². The zero-order valence-electron chi connectivity index (χ0n) is 22.2. The van der Waals surface area contributed by atoms with Gasteiger partial charge >= 0.3 is 5.97 Å². The molecule has 0 N–H and O–H groups in total. The molecule has 0 amide bonds. The summed E-state index contributed by atoms with van der Waals surface area (Å²) in [5.41, 5.74) is 2.33. The lowest BCUT2D eigenvalue weighted by atomic mass is 10.1. The van der Waals surface area contributed by atoms with E-state index >= 15 is 0 Å². The van der Waals surface area contributed by atoms with Crippen molar-refractivity contribution in [3.05, 3.63) is 97.4 Å². The highest BCUT2D eigenvalue weighted by atomic mass is 35.5. The van der Waals surface area contributed by atoms with Crippen LogP contribution in [0.2, 0.25) is 10.0 Å². The first kappa shape index (κ1) is 28.8. The van der Waals surface area contributed by atoms with Gasteiger partial charge in [-0.15, -0.1) is 0 Å². The quantitative estimate of drug-likeness (QED) is 0.285. The Morgan fingerprint density at radius 1 is 1.05 bits per heavy atom. The lowest BCUT2D eigenvalue weighted by Gasteiger charge is -2.28. The van der Waals surface area contributed by atoms with Crippen LogP contribution in [-0.4, -0.2) is 35.2 Å². The van der Waals surface area contributed by atoms with Crippen molar-refractivity contribution in [2.75, 3.05) is 14.2 Å². The van der Waals surface area contributed by atoms with Crippen molar-refractivity contribution in [3.8, 4) is 5.75 Å². The van der Waals surface area contributed by atoms with Crippen molar-refractivity contribution in [1.29, 1.82) is 0 Å². The number of carbonyl (C=O) groups is 1. The monoisotopic (exact) mass is 544 g/mol. The van der Waals surface area contributed by atoms with E-state index in [1.54, 1.807) is 23.8 Å². The van der Waals surface area contributed by atoms with Crippen LogP contribution < -0.4 is 10.3 Å². The molecular formula is C29H34Cl2N2O4. The highest BCUT2D eigenvalue weighted by molar-refractivity contribution is 6.34. The van der Waals surface area contributed by atoms with E-state index in [4.69, 9.17) is 32.7 Å². The second-order valence-corrected chi connectivity index (χ2v) is 10.8. The second kappa shape index (κ2) is 12.2. The van der Waals surface area contributed by atoms with Gasteiger partial charge in [-0.3, -0.25) is 9.69 Å². The van der Waals surface area contributed by atoms with Gasteiger partial charge in [-0.1, -0.05) is 53.5 Å². The summed E-state index contributed by atoms with van der Waals surface area (Å²) in [5.74, 6) is 0.433. The second-order valence-electron chi connectivity index (χ2n) is 10.0. The van der Waals surface area contributed by atoms with Crippen LogP contribution in [0.3, 0.4) is 0 Å². The van der Waals surface area contributed by atoms with E-state index in [1.807, 2.05) is 64.2 Å². The minimum absolute atomic E-state index is 0.00634. The molecule has 0 aliphatic heterocycles. The van der Waals surface area contributed by atoms with Gasteiger partial charge in [0.25, 0.3) is 5.56 Å². The van der Waals surface area contributed by atoms with Crippen molar-refractivity contribution in [1.82, 2.24) is 9.47 Å². The van der Waals surface area contributed by atoms with Gasteiger partial charge in [0.1, 0.15) is 16.4 Å². The third-order valence-electron chi connectivity index (χ3n) is 6.17. The molecule has 1 heterocycles. The number of ether oxygens (including phenoxy) is 2. The fraction of sp³-hybridized carbons (Fsp3) is 0.379. The molecule has 1 aromatic heterocycles. The summed E-state index contributed by atoms with van der Waals surface area (Å²) in [5, 5.41) is 0.512. The average molecular weight is 546 g/mol. The van der Waals surface area contributed by atoms with E-state index in [0.29, 0.717) is 35.8 Å². The largest absolute Gasteiger partial charge is 0.496 e. The summed E-state index contributed by atoms with van der Waals surface area (Å²) in [7, 11) is 3.63. The summed E-state index contributed by atoms with van der Waals surface area (Å²) in [6.45, 7) is 8.40. The normalized spacial score (nSPS) is 12.5. The Kier molecular flexibility index (Phi) is 9.46. The SMILES string of the molecule is COc1ccccc1C(C)N(C)Cc1c(Cl)cc(Cl)c(=O)n1CCc1ccc(C(=O)OC(C)(C)C)cc1. The lowest BCUT2D eigenvalue weighted by Crippen LogP contribution is -2.30. The van der Waals surface area contributed by atoms with Gasteiger partial charge in [0.15, 0.2) is 0 Å². The van der Waals surface area contributed by atoms with Crippen molar-refractivity contribution in [3.63, 3.8) is 0 Å². The molecule has 0 spiro atoms. The summed E-state index contributed by atoms with van der Waals surface area (Å²) in [6.07, 6.45) is 0.559. The number of nitrogens with zero attached hydrogens (tertiary/aromatic N) is 2. The topological polar surface area (TPSA) is 60.8 Å². The van der Waals surface area contributed by atoms with E-state index in [9.17, 15) is 9.59 Å². The Balaban J connectivity index is 1.81. The minimum atomic E-state index is -0.560. The maximum Gasteiger partial charge on any atom is 0.338 e. The number of aromatic nitrogens is 1. The zero-order valence-corrected chi connectivity index (χ0v) is 23.7. The number of pyridine rings is 1.